The minimum atomic E-state index is 0.0655. The number of aromatic nitrogens is 1. The normalized spacial score (nSPS) is 12.7. The fraction of sp³-hybridized carbons (Fsp3) is 0.688. The van der Waals surface area contributed by atoms with Gasteiger partial charge in [-0.15, -0.1) is 0 Å². The Bertz CT molecular complexity index is 398. The molecule has 0 radical (unpaired) electrons. The first-order chi connectivity index (χ1) is 9.56. The van der Waals surface area contributed by atoms with Crippen LogP contribution in [0.3, 0.4) is 0 Å². The maximum absolute atomic E-state index is 11.8. The van der Waals surface area contributed by atoms with Crippen LogP contribution >= 0.6 is 0 Å². The van der Waals surface area contributed by atoms with Gasteiger partial charge in [-0.3, -0.25) is 4.79 Å². The van der Waals surface area contributed by atoms with E-state index in [1.54, 1.807) is 0 Å². The molecule has 4 heteroatoms. The van der Waals surface area contributed by atoms with Gasteiger partial charge in [-0.2, -0.15) is 0 Å². The van der Waals surface area contributed by atoms with Gasteiger partial charge in [0.2, 0.25) is 5.91 Å². The van der Waals surface area contributed by atoms with Gasteiger partial charge in [0.1, 0.15) is 6.54 Å². The summed E-state index contributed by atoms with van der Waals surface area (Å²) in [6, 6.07) is 2.71. The molecule has 1 unspecified atom stereocenters. The molecule has 4 nitrogen and oxygen atoms in total. The summed E-state index contributed by atoms with van der Waals surface area (Å²) in [4.78, 5) is 11.8. The maximum Gasteiger partial charge on any atom is 0.240 e. The highest BCUT2D eigenvalue weighted by Crippen LogP contribution is 2.18. The third-order valence-electron chi connectivity index (χ3n) is 3.17. The van der Waals surface area contributed by atoms with E-state index >= 15 is 0 Å². The van der Waals surface area contributed by atoms with Crippen LogP contribution in [0.5, 0.6) is 0 Å². The fourth-order valence-corrected chi connectivity index (χ4v) is 2.29. The highest BCUT2D eigenvalue weighted by Gasteiger charge is 2.12. The largest absolute Gasteiger partial charge is 0.352 e. The molecule has 0 aliphatic rings. The molecule has 1 atom stereocenters. The summed E-state index contributed by atoms with van der Waals surface area (Å²) >= 11 is 0. The van der Waals surface area contributed by atoms with Gasteiger partial charge < -0.3 is 15.2 Å². The molecule has 0 saturated carbocycles. The van der Waals surface area contributed by atoms with E-state index in [1.165, 1.54) is 5.56 Å². The van der Waals surface area contributed by atoms with E-state index < -0.39 is 0 Å². The third-order valence-corrected chi connectivity index (χ3v) is 3.17. The summed E-state index contributed by atoms with van der Waals surface area (Å²) in [7, 11) is 0. The molecule has 1 amide bonds. The van der Waals surface area contributed by atoms with Crippen molar-refractivity contribution < 1.29 is 4.79 Å². The summed E-state index contributed by atoms with van der Waals surface area (Å²) in [5, 5.41) is 6.49. The molecule has 20 heavy (non-hydrogen) atoms. The lowest BCUT2D eigenvalue weighted by Crippen LogP contribution is -2.32. The van der Waals surface area contributed by atoms with E-state index in [2.05, 4.69) is 36.7 Å². The second-order valence-corrected chi connectivity index (χ2v) is 5.63. The van der Waals surface area contributed by atoms with Crippen LogP contribution in [0.4, 0.5) is 0 Å². The van der Waals surface area contributed by atoms with Crippen LogP contribution in [0.1, 0.15) is 58.6 Å². The molecule has 114 valence electrons. The van der Waals surface area contributed by atoms with Crippen LogP contribution in [-0.4, -0.2) is 23.1 Å². The Morgan fingerprint density at radius 1 is 1.30 bits per heavy atom. The quantitative estimate of drug-likeness (QED) is 0.730. The van der Waals surface area contributed by atoms with Gasteiger partial charge in [-0.25, -0.2) is 0 Å². The Morgan fingerprint density at radius 3 is 2.65 bits per heavy atom. The molecule has 1 aromatic heterocycles. The summed E-state index contributed by atoms with van der Waals surface area (Å²) in [5.41, 5.74) is 1.28. The number of nitrogens with one attached hydrogen (secondary N) is 2. The van der Waals surface area contributed by atoms with Crippen molar-refractivity contribution >= 4 is 5.91 Å². The van der Waals surface area contributed by atoms with Crippen molar-refractivity contribution in [3.63, 3.8) is 0 Å². The standard InChI is InChI=1S/C16H29N3O/c1-5-7-15(17-9-6-2)14-8-10-19(11-14)12-16(20)18-13(3)4/h8,10-11,13,15,17H,5-7,9,12H2,1-4H3,(H,18,20). The second kappa shape index (κ2) is 8.80. The van der Waals surface area contributed by atoms with Gasteiger partial charge in [0.05, 0.1) is 0 Å². The van der Waals surface area contributed by atoms with Gasteiger partial charge >= 0.3 is 0 Å². The topological polar surface area (TPSA) is 46.1 Å². The second-order valence-electron chi connectivity index (χ2n) is 5.63. The molecule has 0 saturated heterocycles. The summed E-state index contributed by atoms with van der Waals surface area (Å²) in [6.07, 6.45) is 7.49. The Balaban J connectivity index is 2.61. The summed E-state index contributed by atoms with van der Waals surface area (Å²) < 4.78 is 1.96. The molecule has 0 aliphatic carbocycles. The zero-order valence-corrected chi connectivity index (χ0v) is 13.3. The SMILES string of the molecule is CCCNC(CCC)c1ccn(CC(=O)NC(C)C)c1. The van der Waals surface area contributed by atoms with Gasteiger partial charge in [0.15, 0.2) is 0 Å². The first-order valence-corrected chi connectivity index (χ1v) is 7.75. The Hall–Kier alpha value is -1.29. The Kier molecular flexibility index (Phi) is 7.37. The van der Waals surface area contributed by atoms with Crippen molar-refractivity contribution in [2.24, 2.45) is 0 Å². The van der Waals surface area contributed by atoms with Crippen molar-refractivity contribution in [3.8, 4) is 0 Å². The fourth-order valence-electron chi connectivity index (χ4n) is 2.29. The number of rotatable bonds is 9. The van der Waals surface area contributed by atoms with Gasteiger partial charge in [-0.1, -0.05) is 20.3 Å². The summed E-state index contributed by atoms with van der Waals surface area (Å²) in [6.45, 7) is 9.76. The monoisotopic (exact) mass is 279 g/mol. The Labute approximate surface area is 122 Å². The molecule has 0 aliphatic heterocycles. The van der Waals surface area contributed by atoms with E-state index in [9.17, 15) is 4.79 Å². The highest BCUT2D eigenvalue weighted by molar-refractivity contribution is 5.76. The van der Waals surface area contributed by atoms with Crippen LogP contribution in [0.15, 0.2) is 18.5 Å². The molecular formula is C16H29N3O. The smallest absolute Gasteiger partial charge is 0.240 e. The molecule has 1 rings (SSSR count). The lowest BCUT2D eigenvalue weighted by Gasteiger charge is -2.16. The molecule has 1 heterocycles. The third kappa shape index (κ3) is 5.78. The van der Waals surface area contributed by atoms with Crippen molar-refractivity contribution in [3.05, 3.63) is 24.0 Å². The van der Waals surface area contributed by atoms with Gasteiger partial charge in [0, 0.05) is 24.5 Å². The van der Waals surface area contributed by atoms with Gasteiger partial charge in [-0.05, 0) is 44.9 Å². The molecular weight excluding hydrogens is 250 g/mol. The predicted molar refractivity (Wildman–Crippen MR) is 83.7 cm³/mol. The minimum absolute atomic E-state index is 0.0655. The average molecular weight is 279 g/mol. The van der Waals surface area contributed by atoms with Crippen LogP contribution in [0.2, 0.25) is 0 Å². The van der Waals surface area contributed by atoms with E-state index in [-0.39, 0.29) is 11.9 Å². The van der Waals surface area contributed by atoms with Crippen molar-refractivity contribution in [1.82, 2.24) is 15.2 Å². The first kappa shape index (κ1) is 16.8. The number of hydrogen-bond donors (Lipinski definition) is 2. The molecule has 0 spiro atoms. The number of amides is 1. The van der Waals surface area contributed by atoms with Crippen molar-refractivity contribution in [2.75, 3.05) is 6.54 Å². The average Bonchev–Trinajstić information content (AvgIpc) is 2.81. The van der Waals surface area contributed by atoms with Crippen molar-refractivity contribution in [1.29, 1.82) is 0 Å². The lowest BCUT2D eigenvalue weighted by molar-refractivity contribution is -0.122. The van der Waals surface area contributed by atoms with Crippen LogP contribution in [0.25, 0.3) is 0 Å². The van der Waals surface area contributed by atoms with E-state index in [0.29, 0.717) is 12.6 Å². The number of carbonyl (C=O) groups is 1. The Morgan fingerprint density at radius 2 is 2.05 bits per heavy atom. The maximum atomic E-state index is 11.8. The number of carbonyl (C=O) groups excluding carboxylic acids is 1. The lowest BCUT2D eigenvalue weighted by atomic mass is 10.1. The van der Waals surface area contributed by atoms with Crippen molar-refractivity contribution in [2.45, 2.75) is 65.6 Å². The molecule has 2 N–H and O–H groups in total. The number of nitrogens with zero attached hydrogens (tertiary/aromatic N) is 1. The molecule has 0 aromatic carbocycles. The van der Waals surface area contributed by atoms with Gasteiger partial charge in [0.25, 0.3) is 0 Å². The van der Waals surface area contributed by atoms with Crippen LogP contribution in [-0.2, 0) is 11.3 Å². The van der Waals surface area contributed by atoms with Crippen LogP contribution < -0.4 is 10.6 Å². The zero-order valence-electron chi connectivity index (χ0n) is 13.3. The number of hydrogen-bond acceptors (Lipinski definition) is 2. The predicted octanol–water partition coefficient (Wildman–Crippen LogP) is 2.85. The first-order valence-electron chi connectivity index (χ1n) is 7.75. The van der Waals surface area contributed by atoms with E-state index in [1.807, 2.05) is 24.6 Å². The molecule has 0 bridgehead atoms. The molecule has 1 aromatic rings. The molecule has 0 fully saturated rings. The summed E-state index contributed by atoms with van der Waals surface area (Å²) in [5.74, 6) is 0.0655. The van der Waals surface area contributed by atoms with E-state index in [0.717, 1.165) is 25.8 Å². The van der Waals surface area contributed by atoms with E-state index in [4.69, 9.17) is 0 Å². The minimum Gasteiger partial charge on any atom is -0.352 e. The van der Waals surface area contributed by atoms with Crippen LogP contribution in [0, 0.1) is 0 Å². The zero-order chi connectivity index (χ0) is 15.0. The highest BCUT2D eigenvalue weighted by atomic mass is 16.2.